The average molecular weight is 264 g/mol. The van der Waals surface area contributed by atoms with Gasteiger partial charge in [0.05, 0.1) is 6.20 Å². The van der Waals surface area contributed by atoms with Gasteiger partial charge in [-0.1, -0.05) is 17.7 Å². The van der Waals surface area contributed by atoms with Gasteiger partial charge in [-0.3, -0.25) is 4.68 Å². The summed E-state index contributed by atoms with van der Waals surface area (Å²) in [5.41, 5.74) is 4.77. The highest BCUT2D eigenvalue weighted by molar-refractivity contribution is 6.30. The van der Waals surface area contributed by atoms with Crippen molar-refractivity contribution in [2.75, 3.05) is 7.05 Å². The molecule has 18 heavy (non-hydrogen) atoms. The van der Waals surface area contributed by atoms with E-state index in [1.165, 1.54) is 22.4 Å². The van der Waals surface area contributed by atoms with Crippen LogP contribution in [0.4, 0.5) is 0 Å². The summed E-state index contributed by atoms with van der Waals surface area (Å²) in [6, 6.07) is 6.01. The summed E-state index contributed by atoms with van der Waals surface area (Å²) in [5, 5.41) is 8.34. The summed E-state index contributed by atoms with van der Waals surface area (Å²) in [7, 11) is 1.94. The van der Waals surface area contributed by atoms with E-state index in [4.69, 9.17) is 11.6 Å². The van der Waals surface area contributed by atoms with Crippen molar-refractivity contribution in [2.45, 2.75) is 26.9 Å². The molecule has 96 valence electrons. The lowest BCUT2D eigenvalue weighted by Gasteiger charge is -2.10. The molecule has 0 unspecified atom stereocenters. The second kappa shape index (κ2) is 5.55. The third-order valence-corrected chi connectivity index (χ3v) is 3.36. The average Bonchev–Trinajstić information content (AvgIpc) is 2.71. The van der Waals surface area contributed by atoms with Crippen molar-refractivity contribution < 1.29 is 0 Å². The van der Waals surface area contributed by atoms with Gasteiger partial charge in [-0.2, -0.15) is 5.10 Å². The fourth-order valence-electron chi connectivity index (χ4n) is 2.19. The van der Waals surface area contributed by atoms with Crippen LogP contribution >= 0.6 is 11.6 Å². The van der Waals surface area contributed by atoms with Crippen molar-refractivity contribution in [3.63, 3.8) is 0 Å². The summed E-state index contributed by atoms with van der Waals surface area (Å²) in [4.78, 5) is 0. The van der Waals surface area contributed by atoms with Crippen LogP contribution in [0, 0.1) is 6.92 Å². The molecule has 0 saturated heterocycles. The SMILES string of the molecule is CCn1ncc(-c2ccc(Cl)cc2CNC)c1C. The number of hydrogen-bond donors (Lipinski definition) is 1. The van der Waals surface area contributed by atoms with E-state index in [0.29, 0.717) is 0 Å². The number of nitrogens with zero attached hydrogens (tertiary/aromatic N) is 2. The van der Waals surface area contributed by atoms with E-state index in [1.807, 2.05) is 30.1 Å². The Hall–Kier alpha value is -1.32. The van der Waals surface area contributed by atoms with Crippen LogP contribution in [-0.4, -0.2) is 16.8 Å². The Morgan fingerprint density at radius 1 is 1.33 bits per heavy atom. The largest absolute Gasteiger partial charge is 0.316 e. The van der Waals surface area contributed by atoms with Gasteiger partial charge in [-0.05, 0) is 44.2 Å². The number of benzene rings is 1. The van der Waals surface area contributed by atoms with Gasteiger partial charge in [-0.25, -0.2) is 0 Å². The van der Waals surface area contributed by atoms with Gasteiger partial charge < -0.3 is 5.32 Å². The van der Waals surface area contributed by atoms with E-state index < -0.39 is 0 Å². The fraction of sp³-hybridized carbons (Fsp3) is 0.357. The monoisotopic (exact) mass is 263 g/mol. The van der Waals surface area contributed by atoms with Gasteiger partial charge in [0.2, 0.25) is 0 Å². The molecular weight excluding hydrogens is 246 g/mol. The molecule has 3 nitrogen and oxygen atoms in total. The number of rotatable bonds is 4. The third kappa shape index (κ3) is 2.42. The van der Waals surface area contributed by atoms with E-state index in [9.17, 15) is 0 Å². The fourth-order valence-corrected chi connectivity index (χ4v) is 2.39. The lowest BCUT2D eigenvalue weighted by molar-refractivity contribution is 0.640. The van der Waals surface area contributed by atoms with Crippen LogP contribution in [0.25, 0.3) is 11.1 Å². The van der Waals surface area contributed by atoms with Crippen LogP contribution in [0.1, 0.15) is 18.2 Å². The maximum absolute atomic E-state index is 6.06. The molecule has 1 aromatic carbocycles. The minimum atomic E-state index is 0.768. The zero-order chi connectivity index (χ0) is 13.1. The molecule has 0 atom stereocenters. The van der Waals surface area contributed by atoms with Crippen LogP contribution < -0.4 is 5.32 Å². The van der Waals surface area contributed by atoms with Crippen LogP contribution in [0.15, 0.2) is 24.4 Å². The Labute approximate surface area is 113 Å². The molecule has 0 spiro atoms. The molecule has 0 fully saturated rings. The normalized spacial score (nSPS) is 10.9. The van der Waals surface area contributed by atoms with E-state index in [0.717, 1.165) is 18.1 Å². The Morgan fingerprint density at radius 3 is 2.72 bits per heavy atom. The molecular formula is C14H18ClN3. The van der Waals surface area contributed by atoms with Crippen LogP contribution in [0.2, 0.25) is 5.02 Å². The summed E-state index contributed by atoms with van der Waals surface area (Å²) < 4.78 is 2.01. The quantitative estimate of drug-likeness (QED) is 0.918. The number of nitrogens with one attached hydrogen (secondary N) is 1. The summed E-state index contributed by atoms with van der Waals surface area (Å²) in [6.45, 7) is 5.89. The maximum Gasteiger partial charge on any atom is 0.0571 e. The first-order chi connectivity index (χ1) is 8.67. The number of hydrogen-bond acceptors (Lipinski definition) is 2. The van der Waals surface area contributed by atoms with Crippen LogP contribution in [0.5, 0.6) is 0 Å². The third-order valence-electron chi connectivity index (χ3n) is 3.13. The zero-order valence-electron chi connectivity index (χ0n) is 11.0. The molecule has 0 aliphatic heterocycles. The molecule has 0 radical (unpaired) electrons. The highest BCUT2D eigenvalue weighted by Gasteiger charge is 2.11. The molecule has 1 heterocycles. The lowest BCUT2D eigenvalue weighted by Crippen LogP contribution is -2.06. The molecule has 1 N–H and O–H groups in total. The van der Waals surface area contributed by atoms with Gasteiger partial charge in [0.25, 0.3) is 0 Å². The molecule has 2 aromatic rings. The smallest absolute Gasteiger partial charge is 0.0571 e. The van der Waals surface area contributed by atoms with Gasteiger partial charge in [0.15, 0.2) is 0 Å². The first-order valence-electron chi connectivity index (χ1n) is 6.13. The van der Waals surface area contributed by atoms with E-state index in [2.05, 4.69) is 30.3 Å². The van der Waals surface area contributed by atoms with Crippen molar-refractivity contribution >= 4 is 11.6 Å². The van der Waals surface area contributed by atoms with Gasteiger partial charge in [-0.15, -0.1) is 0 Å². The first-order valence-corrected chi connectivity index (χ1v) is 6.51. The van der Waals surface area contributed by atoms with Crippen molar-refractivity contribution in [2.24, 2.45) is 0 Å². The highest BCUT2D eigenvalue weighted by atomic mass is 35.5. The Kier molecular flexibility index (Phi) is 4.04. The molecule has 0 amide bonds. The molecule has 4 heteroatoms. The molecule has 0 aliphatic carbocycles. The zero-order valence-corrected chi connectivity index (χ0v) is 11.8. The molecule has 0 aliphatic rings. The van der Waals surface area contributed by atoms with Crippen molar-refractivity contribution in [1.82, 2.24) is 15.1 Å². The number of aryl methyl sites for hydroxylation is 1. The second-order valence-electron chi connectivity index (χ2n) is 4.29. The first kappa shape index (κ1) is 13.1. The van der Waals surface area contributed by atoms with Crippen LogP contribution in [0.3, 0.4) is 0 Å². The van der Waals surface area contributed by atoms with Crippen molar-refractivity contribution in [3.8, 4) is 11.1 Å². The van der Waals surface area contributed by atoms with Gasteiger partial charge >= 0.3 is 0 Å². The van der Waals surface area contributed by atoms with Gasteiger partial charge in [0, 0.05) is 29.4 Å². The molecule has 0 bridgehead atoms. The second-order valence-corrected chi connectivity index (χ2v) is 4.73. The summed E-state index contributed by atoms with van der Waals surface area (Å²) >= 11 is 6.06. The Balaban J connectivity index is 2.52. The lowest BCUT2D eigenvalue weighted by atomic mass is 10.0. The summed E-state index contributed by atoms with van der Waals surface area (Å²) in [5.74, 6) is 0. The van der Waals surface area contributed by atoms with Crippen molar-refractivity contribution in [1.29, 1.82) is 0 Å². The standard InChI is InChI=1S/C14H18ClN3/c1-4-18-10(2)14(9-17-18)13-6-5-12(15)7-11(13)8-16-3/h5-7,9,16H,4,8H2,1-3H3. The van der Waals surface area contributed by atoms with E-state index >= 15 is 0 Å². The summed E-state index contributed by atoms with van der Waals surface area (Å²) in [6.07, 6.45) is 1.93. The maximum atomic E-state index is 6.06. The molecule has 0 saturated carbocycles. The van der Waals surface area contributed by atoms with Crippen LogP contribution in [-0.2, 0) is 13.1 Å². The minimum absolute atomic E-state index is 0.768. The molecule has 1 aromatic heterocycles. The van der Waals surface area contributed by atoms with Gasteiger partial charge in [0.1, 0.15) is 0 Å². The topological polar surface area (TPSA) is 29.9 Å². The van der Waals surface area contributed by atoms with Crippen molar-refractivity contribution in [3.05, 3.63) is 40.7 Å². The van der Waals surface area contributed by atoms with E-state index in [-0.39, 0.29) is 0 Å². The highest BCUT2D eigenvalue weighted by Crippen LogP contribution is 2.28. The Morgan fingerprint density at radius 2 is 2.11 bits per heavy atom. The minimum Gasteiger partial charge on any atom is -0.316 e. The number of halogens is 1. The predicted octanol–water partition coefficient (Wildman–Crippen LogP) is 3.25. The molecule has 2 rings (SSSR count). The Bertz CT molecular complexity index is 546. The predicted molar refractivity (Wildman–Crippen MR) is 75.8 cm³/mol. The van der Waals surface area contributed by atoms with E-state index in [1.54, 1.807) is 0 Å². The number of aromatic nitrogens is 2.